The van der Waals surface area contributed by atoms with Crippen LogP contribution in [-0.2, 0) is 0 Å². The monoisotopic (exact) mass is 234 g/mol. The summed E-state index contributed by atoms with van der Waals surface area (Å²) in [5.74, 6) is 1.42. The molecule has 3 atom stereocenters. The van der Waals surface area contributed by atoms with Gasteiger partial charge in [-0.3, -0.25) is 5.32 Å². The van der Waals surface area contributed by atoms with E-state index in [9.17, 15) is 0 Å². The summed E-state index contributed by atoms with van der Waals surface area (Å²) < 4.78 is 0. The molecule has 1 aromatic rings. The van der Waals surface area contributed by atoms with Gasteiger partial charge in [-0.15, -0.1) is 0 Å². The van der Waals surface area contributed by atoms with Crippen molar-refractivity contribution < 1.29 is 0 Å². The van der Waals surface area contributed by atoms with Gasteiger partial charge in [-0.25, -0.2) is 0 Å². The van der Waals surface area contributed by atoms with Gasteiger partial charge in [-0.2, -0.15) is 5.26 Å². The van der Waals surface area contributed by atoms with Gasteiger partial charge in [0.1, 0.15) is 0 Å². The fourth-order valence-electron chi connectivity index (χ4n) is 2.16. The average molecular weight is 235 g/mol. The van der Waals surface area contributed by atoms with E-state index >= 15 is 0 Å². The predicted molar refractivity (Wildman–Crippen MR) is 65.1 cm³/mol. The molecule has 0 aliphatic heterocycles. The van der Waals surface area contributed by atoms with E-state index in [1.165, 1.54) is 12.0 Å². The standard InChI is InChI=1S/C13H15ClN2/c1-9-8-12(9)13(16-7-6-15)10-2-4-11(14)5-3-10/h2-5,9,12-13,16H,7-8H2,1H3/t9-,12-,13+/m1/s1. The van der Waals surface area contributed by atoms with Gasteiger partial charge in [0.15, 0.2) is 0 Å². The predicted octanol–water partition coefficient (Wildman–Crippen LogP) is 3.15. The van der Waals surface area contributed by atoms with E-state index < -0.39 is 0 Å². The van der Waals surface area contributed by atoms with Crippen molar-refractivity contribution in [2.75, 3.05) is 6.54 Å². The zero-order chi connectivity index (χ0) is 11.5. The normalized spacial score (nSPS) is 24.8. The number of rotatable bonds is 4. The number of nitriles is 1. The Morgan fingerprint density at radius 3 is 2.62 bits per heavy atom. The molecule has 1 saturated carbocycles. The molecule has 1 aliphatic carbocycles. The van der Waals surface area contributed by atoms with Gasteiger partial charge in [0, 0.05) is 11.1 Å². The van der Waals surface area contributed by atoms with Gasteiger partial charge in [0.2, 0.25) is 0 Å². The van der Waals surface area contributed by atoms with E-state index in [0.717, 1.165) is 10.9 Å². The van der Waals surface area contributed by atoms with E-state index in [0.29, 0.717) is 18.5 Å². The van der Waals surface area contributed by atoms with Gasteiger partial charge in [0.05, 0.1) is 12.6 Å². The van der Waals surface area contributed by atoms with Crippen molar-refractivity contribution in [2.45, 2.75) is 19.4 Å². The Labute approximate surface area is 101 Å². The van der Waals surface area contributed by atoms with Crippen molar-refractivity contribution in [3.8, 4) is 6.07 Å². The quantitative estimate of drug-likeness (QED) is 0.813. The first-order valence-electron chi connectivity index (χ1n) is 5.58. The third-order valence-electron chi connectivity index (χ3n) is 3.23. The minimum Gasteiger partial charge on any atom is -0.297 e. The first kappa shape index (κ1) is 11.4. The van der Waals surface area contributed by atoms with Crippen molar-refractivity contribution in [2.24, 2.45) is 11.8 Å². The summed E-state index contributed by atoms with van der Waals surface area (Å²) in [6.45, 7) is 2.65. The number of hydrogen-bond acceptors (Lipinski definition) is 2. The Morgan fingerprint density at radius 1 is 1.50 bits per heavy atom. The van der Waals surface area contributed by atoms with E-state index in [2.05, 4.69) is 18.3 Å². The maximum absolute atomic E-state index is 8.64. The number of hydrogen-bond donors (Lipinski definition) is 1. The smallest absolute Gasteiger partial charge is 0.0845 e. The molecule has 3 heteroatoms. The highest BCUT2D eigenvalue weighted by Crippen LogP contribution is 2.46. The molecule has 0 saturated heterocycles. The maximum Gasteiger partial charge on any atom is 0.0845 e. The van der Waals surface area contributed by atoms with Crippen LogP contribution in [0.25, 0.3) is 0 Å². The van der Waals surface area contributed by atoms with Gasteiger partial charge >= 0.3 is 0 Å². The Bertz CT molecular complexity index is 393. The highest BCUT2D eigenvalue weighted by molar-refractivity contribution is 6.30. The van der Waals surface area contributed by atoms with E-state index in [-0.39, 0.29) is 0 Å². The zero-order valence-corrected chi connectivity index (χ0v) is 10.0. The summed E-state index contributed by atoms with van der Waals surface area (Å²) in [5.41, 5.74) is 1.23. The third kappa shape index (κ3) is 2.55. The van der Waals surface area contributed by atoms with Crippen LogP contribution in [0.2, 0.25) is 5.02 Å². The van der Waals surface area contributed by atoms with Crippen LogP contribution in [0.5, 0.6) is 0 Å². The van der Waals surface area contributed by atoms with Crippen LogP contribution < -0.4 is 5.32 Å². The highest BCUT2D eigenvalue weighted by Gasteiger charge is 2.39. The second-order valence-electron chi connectivity index (χ2n) is 4.45. The molecule has 0 heterocycles. The third-order valence-corrected chi connectivity index (χ3v) is 3.48. The van der Waals surface area contributed by atoms with E-state index in [4.69, 9.17) is 16.9 Å². The summed E-state index contributed by atoms with van der Waals surface area (Å²) >= 11 is 5.87. The van der Waals surface area contributed by atoms with Crippen LogP contribution in [0.4, 0.5) is 0 Å². The molecule has 0 aromatic heterocycles. The van der Waals surface area contributed by atoms with Crippen LogP contribution in [0.3, 0.4) is 0 Å². The molecule has 0 unspecified atom stereocenters. The maximum atomic E-state index is 8.64. The van der Waals surface area contributed by atoms with Crippen LogP contribution >= 0.6 is 11.6 Å². The number of nitrogens with zero attached hydrogens (tertiary/aromatic N) is 1. The average Bonchev–Trinajstić information content (AvgIpc) is 2.99. The number of nitrogens with one attached hydrogen (secondary N) is 1. The summed E-state index contributed by atoms with van der Waals surface area (Å²) in [6.07, 6.45) is 1.24. The topological polar surface area (TPSA) is 35.8 Å². The summed E-state index contributed by atoms with van der Waals surface area (Å²) in [7, 11) is 0. The molecule has 1 fully saturated rings. The molecular weight excluding hydrogens is 220 g/mol. The molecule has 16 heavy (non-hydrogen) atoms. The Kier molecular flexibility index (Phi) is 3.48. The molecule has 2 rings (SSSR count). The second-order valence-corrected chi connectivity index (χ2v) is 4.88. The number of benzene rings is 1. The SMILES string of the molecule is C[C@@H]1C[C@H]1[C@@H](NCC#N)c1ccc(Cl)cc1. The molecule has 0 amide bonds. The van der Waals surface area contributed by atoms with Gasteiger partial charge < -0.3 is 0 Å². The summed E-state index contributed by atoms with van der Waals surface area (Å²) in [5, 5.41) is 12.7. The molecular formula is C13H15ClN2. The first-order chi connectivity index (χ1) is 7.72. The van der Waals surface area contributed by atoms with Crippen molar-refractivity contribution in [1.29, 1.82) is 5.26 Å². The minimum absolute atomic E-state index is 0.298. The lowest BCUT2D eigenvalue weighted by Crippen LogP contribution is -2.23. The van der Waals surface area contributed by atoms with Crippen LogP contribution in [0, 0.1) is 23.2 Å². The minimum atomic E-state index is 0.298. The van der Waals surface area contributed by atoms with Crippen LogP contribution in [0.15, 0.2) is 24.3 Å². The van der Waals surface area contributed by atoms with Gasteiger partial charge in [-0.1, -0.05) is 30.7 Å². The van der Waals surface area contributed by atoms with Gasteiger partial charge in [-0.05, 0) is 36.0 Å². The Balaban J connectivity index is 2.12. The lowest BCUT2D eigenvalue weighted by atomic mass is 10.0. The Hall–Kier alpha value is -1.04. The fourth-order valence-corrected chi connectivity index (χ4v) is 2.28. The molecule has 84 valence electrons. The zero-order valence-electron chi connectivity index (χ0n) is 9.28. The summed E-state index contributed by atoms with van der Waals surface area (Å²) in [4.78, 5) is 0. The van der Waals surface area contributed by atoms with Crippen LogP contribution in [0.1, 0.15) is 24.9 Å². The van der Waals surface area contributed by atoms with E-state index in [1.54, 1.807) is 0 Å². The van der Waals surface area contributed by atoms with Crippen LogP contribution in [-0.4, -0.2) is 6.54 Å². The number of halogens is 1. The lowest BCUT2D eigenvalue weighted by molar-refractivity contribution is 0.487. The molecule has 1 N–H and O–H groups in total. The van der Waals surface area contributed by atoms with Crippen molar-refractivity contribution in [3.63, 3.8) is 0 Å². The van der Waals surface area contributed by atoms with E-state index in [1.807, 2.05) is 24.3 Å². The summed E-state index contributed by atoms with van der Waals surface area (Å²) in [6, 6.07) is 10.3. The molecule has 2 nitrogen and oxygen atoms in total. The molecule has 0 radical (unpaired) electrons. The van der Waals surface area contributed by atoms with Gasteiger partial charge in [0.25, 0.3) is 0 Å². The molecule has 1 aliphatic rings. The second kappa shape index (κ2) is 4.86. The molecule has 0 bridgehead atoms. The van der Waals surface area contributed by atoms with Crippen molar-refractivity contribution >= 4 is 11.6 Å². The van der Waals surface area contributed by atoms with Crippen molar-refractivity contribution in [1.82, 2.24) is 5.32 Å². The van der Waals surface area contributed by atoms with Crippen molar-refractivity contribution in [3.05, 3.63) is 34.9 Å². The Morgan fingerprint density at radius 2 is 2.12 bits per heavy atom. The lowest BCUT2D eigenvalue weighted by Gasteiger charge is -2.17. The largest absolute Gasteiger partial charge is 0.297 e. The first-order valence-corrected chi connectivity index (χ1v) is 5.96. The fraction of sp³-hybridized carbons (Fsp3) is 0.462. The molecule has 0 spiro atoms. The highest BCUT2D eigenvalue weighted by atomic mass is 35.5. The molecule has 1 aromatic carbocycles.